The van der Waals surface area contributed by atoms with Crippen molar-refractivity contribution < 1.29 is 28.8 Å². The van der Waals surface area contributed by atoms with E-state index in [1.54, 1.807) is 31.2 Å². The van der Waals surface area contributed by atoms with Crippen LogP contribution in [0.2, 0.25) is 10.0 Å². The summed E-state index contributed by atoms with van der Waals surface area (Å²) < 4.78 is 4.96. The molecule has 1 aliphatic heterocycles. The van der Waals surface area contributed by atoms with Gasteiger partial charge in [0.2, 0.25) is 5.91 Å². The molecule has 0 saturated carbocycles. The predicted octanol–water partition coefficient (Wildman–Crippen LogP) is 5.10. The van der Waals surface area contributed by atoms with Crippen molar-refractivity contribution in [2.24, 2.45) is 0 Å². The van der Waals surface area contributed by atoms with Gasteiger partial charge in [-0.05, 0) is 67.4 Å². The summed E-state index contributed by atoms with van der Waals surface area (Å²) in [4.78, 5) is 65.2. The highest BCUT2D eigenvalue weighted by atomic mass is 35.5. The molecule has 40 heavy (non-hydrogen) atoms. The van der Waals surface area contributed by atoms with Crippen molar-refractivity contribution in [1.29, 1.82) is 0 Å². The molecule has 1 aliphatic rings. The van der Waals surface area contributed by atoms with E-state index in [1.165, 1.54) is 41.3 Å². The topological polar surface area (TPSA) is 127 Å². The number of hydrogen-bond donors (Lipinski definition) is 0. The van der Waals surface area contributed by atoms with Crippen LogP contribution in [0.5, 0.6) is 0 Å². The van der Waals surface area contributed by atoms with Crippen LogP contribution < -0.4 is 4.90 Å². The molecule has 3 aromatic rings. The summed E-state index contributed by atoms with van der Waals surface area (Å²) in [6, 6.07) is 15.2. The van der Waals surface area contributed by atoms with Crippen molar-refractivity contribution in [1.82, 2.24) is 4.90 Å². The minimum atomic E-state index is -1.17. The molecule has 1 saturated heterocycles. The third kappa shape index (κ3) is 6.13. The molecule has 0 aromatic heterocycles. The van der Waals surface area contributed by atoms with Crippen LogP contribution in [0, 0.1) is 10.1 Å². The Labute approximate surface area is 239 Å². The molecule has 3 aromatic carbocycles. The van der Waals surface area contributed by atoms with E-state index < -0.39 is 40.3 Å². The molecule has 4 rings (SSSR count). The number of nitro benzene ring substituents is 1. The minimum absolute atomic E-state index is 0.0227. The molecule has 0 spiro atoms. The van der Waals surface area contributed by atoms with Crippen molar-refractivity contribution in [3.05, 3.63) is 104 Å². The van der Waals surface area contributed by atoms with Crippen LogP contribution in [0.1, 0.15) is 39.6 Å². The first kappa shape index (κ1) is 28.7. The smallest absolute Gasteiger partial charge is 0.338 e. The Morgan fingerprint density at radius 2 is 1.75 bits per heavy atom. The second-order valence-corrected chi connectivity index (χ2v) is 9.70. The maximum atomic E-state index is 13.7. The fourth-order valence-corrected chi connectivity index (χ4v) is 4.78. The standard InChI is InChI=1S/C28H23Cl2N3O7/c1-2-40-28(37)18-6-9-21(10-7-18)32-25(34)16-24(27(32)36)31(13-12-17-4-3-5-20(29)14-17)26(35)19-8-11-22(30)23(15-19)33(38)39/h3-11,14-15,24H,2,12-13,16H2,1H3. The summed E-state index contributed by atoms with van der Waals surface area (Å²) in [5.74, 6) is -2.40. The molecule has 206 valence electrons. The van der Waals surface area contributed by atoms with Crippen molar-refractivity contribution in [3.63, 3.8) is 0 Å². The highest BCUT2D eigenvalue weighted by Crippen LogP contribution is 2.30. The van der Waals surface area contributed by atoms with Crippen LogP contribution in [0.25, 0.3) is 0 Å². The lowest BCUT2D eigenvalue weighted by atomic mass is 10.1. The zero-order valence-corrected chi connectivity index (χ0v) is 22.7. The van der Waals surface area contributed by atoms with Crippen LogP contribution in [-0.4, -0.2) is 52.7 Å². The maximum absolute atomic E-state index is 13.7. The second kappa shape index (κ2) is 12.3. The third-order valence-corrected chi connectivity index (χ3v) is 6.87. The second-order valence-electron chi connectivity index (χ2n) is 8.86. The Morgan fingerprint density at radius 3 is 2.40 bits per heavy atom. The molecule has 10 nitrogen and oxygen atoms in total. The van der Waals surface area contributed by atoms with E-state index in [2.05, 4.69) is 0 Å². The highest BCUT2D eigenvalue weighted by molar-refractivity contribution is 6.32. The van der Waals surface area contributed by atoms with Gasteiger partial charge in [-0.1, -0.05) is 35.3 Å². The molecule has 1 heterocycles. The van der Waals surface area contributed by atoms with Gasteiger partial charge in [0, 0.05) is 23.2 Å². The number of carbonyl (C=O) groups excluding carboxylic acids is 4. The summed E-state index contributed by atoms with van der Waals surface area (Å²) in [5, 5.41) is 11.8. The maximum Gasteiger partial charge on any atom is 0.338 e. The van der Waals surface area contributed by atoms with Crippen LogP contribution in [0.4, 0.5) is 11.4 Å². The average molecular weight is 584 g/mol. The first-order chi connectivity index (χ1) is 19.1. The summed E-state index contributed by atoms with van der Waals surface area (Å²) in [6.07, 6.45) is 0.00359. The summed E-state index contributed by atoms with van der Waals surface area (Å²) in [7, 11) is 0. The first-order valence-corrected chi connectivity index (χ1v) is 13.0. The highest BCUT2D eigenvalue weighted by Gasteiger charge is 2.44. The normalized spacial score (nSPS) is 14.8. The zero-order valence-electron chi connectivity index (χ0n) is 21.2. The van der Waals surface area contributed by atoms with E-state index in [0.717, 1.165) is 16.5 Å². The monoisotopic (exact) mass is 583 g/mol. The van der Waals surface area contributed by atoms with Crippen molar-refractivity contribution in [2.75, 3.05) is 18.1 Å². The van der Waals surface area contributed by atoms with Gasteiger partial charge in [-0.3, -0.25) is 24.5 Å². The van der Waals surface area contributed by atoms with Gasteiger partial charge in [-0.25, -0.2) is 9.69 Å². The van der Waals surface area contributed by atoms with Gasteiger partial charge in [-0.2, -0.15) is 0 Å². The number of halogens is 2. The Balaban J connectivity index is 1.65. The van der Waals surface area contributed by atoms with Crippen molar-refractivity contribution >= 4 is 58.3 Å². The zero-order chi connectivity index (χ0) is 29.0. The number of imide groups is 1. The van der Waals surface area contributed by atoms with Crippen molar-refractivity contribution in [2.45, 2.75) is 25.8 Å². The molecule has 0 aliphatic carbocycles. The summed E-state index contributed by atoms with van der Waals surface area (Å²) in [6.45, 7) is 1.89. The summed E-state index contributed by atoms with van der Waals surface area (Å²) in [5.41, 5.74) is 0.758. The number of nitrogens with zero attached hydrogens (tertiary/aromatic N) is 3. The number of rotatable bonds is 9. The van der Waals surface area contributed by atoms with Gasteiger partial charge in [0.1, 0.15) is 11.1 Å². The quantitative estimate of drug-likeness (QED) is 0.148. The molecule has 12 heteroatoms. The molecular weight excluding hydrogens is 561 g/mol. The molecule has 1 atom stereocenters. The lowest BCUT2D eigenvalue weighted by molar-refractivity contribution is -0.384. The van der Waals surface area contributed by atoms with Crippen molar-refractivity contribution in [3.8, 4) is 0 Å². The number of ether oxygens (including phenoxy) is 1. The number of benzene rings is 3. The SMILES string of the molecule is CCOC(=O)c1ccc(N2C(=O)CC(N(CCc3cccc(Cl)c3)C(=O)c3ccc(Cl)c([N+](=O)[O-])c3)C2=O)cc1. The number of esters is 1. The van der Waals surface area contributed by atoms with E-state index in [1.807, 2.05) is 0 Å². The van der Waals surface area contributed by atoms with Crippen LogP contribution in [-0.2, 0) is 20.7 Å². The van der Waals surface area contributed by atoms with E-state index in [-0.39, 0.29) is 41.4 Å². The van der Waals surface area contributed by atoms with Crippen LogP contribution in [0.15, 0.2) is 66.7 Å². The molecular formula is C28H23Cl2N3O7. The van der Waals surface area contributed by atoms with Crippen LogP contribution >= 0.6 is 23.2 Å². The minimum Gasteiger partial charge on any atom is -0.462 e. The molecule has 3 amide bonds. The van der Waals surface area contributed by atoms with Gasteiger partial charge < -0.3 is 9.64 Å². The Hall–Kier alpha value is -4.28. The molecule has 0 bridgehead atoms. The number of nitro groups is 1. The predicted molar refractivity (Wildman–Crippen MR) is 148 cm³/mol. The largest absolute Gasteiger partial charge is 0.462 e. The number of amides is 3. The van der Waals surface area contributed by atoms with E-state index >= 15 is 0 Å². The Morgan fingerprint density at radius 1 is 1.05 bits per heavy atom. The van der Waals surface area contributed by atoms with Gasteiger partial charge in [-0.15, -0.1) is 0 Å². The number of hydrogen-bond acceptors (Lipinski definition) is 7. The fraction of sp³-hybridized carbons (Fsp3) is 0.214. The third-order valence-electron chi connectivity index (χ3n) is 6.32. The summed E-state index contributed by atoms with van der Waals surface area (Å²) >= 11 is 12.0. The van der Waals surface area contributed by atoms with E-state index in [4.69, 9.17) is 27.9 Å². The van der Waals surface area contributed by atoms with Gasteiger partial charge in [0.05, 0.1) is 29.2 Å². The molecule has 1 fully saturated rings. The Kier molecular flexibility index (Phi) is 8.81. The molecule has 1 unspecified atom stereocenters. The number of anilines is 1. The first-order valence-electron chi connectivity index (χ1n) is 12.2. The average Bonchev–Trinajstić information content (AvgIpc) is 3.22. The lowest BCUT2D eigenvalue weighted by Gasteiger charge is -2.28. The van der Waals surface area contributed by atoms with Gasteiger partial charge in [0.15, 0.2) is 0 Å². The van der Waals surface area contributed by atoms with E-state index in [9.17, 15) is 29.3 Å². The Bertz CT molecular complexity index is 1490. The fourth-order valence-electron chi connectivity index (χ4n) is 4.38. The van der Waals surface area contributed by atoms with Gasteiger partial charge >= 0.3 is 5.97 Å². The number of carbonyl (C=O) groups is 4. The van der Waals surface area contributed by atoms with Crippen LogP contribution in [0.3, 0.4) is 0 Å². The molecule has 0 N–H and O–H groups in total. The van der Waals surface area contributed by atoms with E-state index in [0.29, 0.717) is 11.4 Å². The molecule has 0 radical (unpaired) electrons. The lowest BCUT2D eigenvalue weighted by Crippen LogP contribution is -2.46. The van der Waals surface area contributed by atoms with Gasteiger partial charge in [0.25, 0.3) is 17.5 Å².